The average Bonchev–Trinajstić information content (AvgIpc) is 2.79. The van der Waals surface area contributed by atoms with Gasteiger partial charge in [-0.05, 0) is 25.0 Å². The Morgan fingerprint density at radius 2 is 1.62 bits per heavy atom. The molecule has 1 heterocycles. The molecule has 0 unspecified atom stereocenters. The molecule has 0 aliphatic carbocycles. The third-order valence-electron chi connectivity index (χ3n) is 3.14. The lowest BCUT2D eigenvalue weighted by Gasteiger charge is -2.12. The van der Waals surface area contributed by atoms with Crippen LogP contribution in [0.1, 0.15) is 25.7 Å². The highest BCUT2D eigenvalue weighted by Crippen LogP contribution is 2.11. The Bertz CT molecular complexity index is 533. The molecule has 0 spiro atoms. The van der Waals surface area contributed by atoms with E-state index < -0.39 is 0 Å². The van der Waals surface area contributed by atoms with Crippen molar-refractivity contribution >= 4 is 17.8 Å². The predicted octanol–water partition coefficient (Wildman–Crippen LogP) is 2.08. The Hall–Kier alpha value is -2.43. The highest BCUT2D eigenvalue weighted by Gasteiger charge is 2.22. The van der Waals surface area contributed by atoms with E-state index in [2.05, 4.69) is 0 Å². The van der Waals surface area contributed by atoms with E-state index in [1.165, 1.54) is 17.1 Å². The maximum Gasteiger partial charge on any atom is 0.311 e. The zero-order valence-corrected chi connectivity index (χ0v) is 11.7. The maximum absolute atomic E-state index is 11.6. The highest BCUT2D eigenvalue weighted by atomic mass is 16.5. The van der Waals surface area contributed by atoms with Crippen molar-refractivity contribution in [2.45, 2.75) is 25.7 Å². The molecule has 1 aliphatic heterocycles. The number of rotatable bonds is 7. The zero-order valence-electron chi connectivity index (χ0n) is 11.7. The topological polar surface area (TPSA) is 63.7 Å². The van der Waals surface area contributed by atoms with Crippen LogP contribution in [-0.4, -0.2) is 29.2 Å². The molecule has 0 bridgehead atoms. The molecule has 0 fully saturated rings. The van der Waals surface area contributed by atoms with Gasteiger partial charge in [-0.15, -0.1) is 0 Å². The van der Waals surface area contributed by atoms with Gasteiger partial charge in [-0.3, -0.25) is 19.3 Å². The third kappa shape index (κ3) is 4.56. The molecule has 110 valence electrons. The summed E-state index contributed by atoms with van der Waals surface area (Å²) < 4.78 is 5.16. The van der Waals surface area contributed by atoms with Crippen LogP contribution < -0.4 is 4.74 Å². The van der Waals surface area contributed by atoms with Crippen molar-refractivity contribution in [1.29, 1.82) is 0 Å². The summed E-state index contributed by atoms with van der Waals surface area (Å²) in [6, 6.07) is 8.93. The van der Waals surface area contributed by atoms with Gasteiger partial charge in [0, 0.05) is 25.1 Å². The van der Waals surface area contributed by atoms with E-state index in [0.717, 1.165) is 6.42 Å². The second-order valence-electron chi connectivity index (χ2n) is 4.76. The molecule has 0 atom stereocenters. The van der Waals surface area contributed by atoms with Gasteiger partial charge in [-0.1, -0.05) is 24.6 Å². The molecular weight excluding hydrogens is 270 g/mol. The van der Waals surface area contributed by atoms with E-state index in [-0.39, 0.29) is 17.8 Å². The number of para-hydroxylation sites is 1. The molecule has 0 aromatic heterocycles. The van der Waals surface area contributed by atoms with Crippen LogP contribution in [0.3, 0.4) is 0 Å². The van der Waals surface area contributed by atoms with Gasteiger partial charge in [0.1, 0.15) is 5.75 Å². The van der Waals surface area contributed by atoms with E-state index in [1.54, 1.807) is 24.3 Å². The van der Waals surface area contributed by atoms with Crippen molar-refractivity contribution in [3.05, 3.63) is 42.5 Å². The first-order valence-corrected chi connectivity index (χ1v) is 6.96. The van der Waals surface area contributed by atoms with Gasteiger partial charge >= 0.3 is 5.97 Å². The van der Waals surface area contributed by atoms with Crippen LogP contribution in [0.15, 0.2) is 42.5 Å². The summed E-state index contributed by atoms with van der Waals surface area (Å²) in [6.07, 6.45) is 5.02. The number of hydrogen-bond donors (Lipinski definition) is 0. The molecule has 1 aromatic rings. The quantitative estimate of drug-likeness (QED) is 0.333. The molecule has 0 N–H and O–H groups in total. The number of benzene rings is 1. The largest absolute Gasteiger partial charge is 0.427 e. The van der Waals surface area contributed by atoms with E-state index in [4.69, 9.17) is 4.74 Å². The second kappa shape index (κ2) is 7.38. The lowest BCUT2D eigenvalue weighted by atomic mass is 10.2. The van der Waals surface area contributed by atoms with Crippen LogP contribution in [0.5, 0.6) is 5.75 Å². The Morgan fingerprint density at radius 3 is 2.29 bits per heavy atom. The summed E-state index contributed by atoms with van der Waals surface area (Å²) in [5.74, 6) is -0.245. The summed E-state index contributed by atoms with van der Waals surface area (Å²) in [7, 11) is 0. The Morgan fingerprint density at radius 1 is 0.952 bits per heavy atom. The van der Waals surface area contributed by atoms with E-state index in [1.807, 2.05) is 6.07 Å². The first-order valence-electron chi connectivity index (χ1n) is 6.96. The summed E-state index contributed by atoms with van der Waals surface area (Å²) in [4.78, 5) is 35.4. The predicted molar refractivity (Wildman–Crippen MR) is 76.4 cm³/mol. The van der Waals surface area contributed by atoms with Gasteiger partial charge < -0.3 is 4.74 Å². The van der Waals surface area contributed by atoms with Crippen LogP contribution in [0, 0.1) is 0 Å². The number of carbonyl (C=O) groups excluding carboxylic acids is 3. The van der Waals surface area contributed by atoms with Gasteiger partial charge in [0.25, 0.3) is 11.8 Å². The summed E-state index contributed by atoms with van der Waals surface area (Å²) in [6.45, 7) is 0.401. The number of nitrogens with zero attached hydrogens (tertiary/aromatic N) is 1. The maximum atomic E-state index is 11.6. The molecule has 5 nitrogen and oxygen atoms in total. The monoisotopic (exact) mass is 287 g/mol. The lowest BCUT2D eigenvalue weighted by molar-refractivity contribution is -0.137. The molecule has 0 saturated carbocycles. The van der Waals surface area contributed by atoms with Crippen LogP contribution in [-0.2, 0) is 14.4 Å². The normalized spacial score (nSPS) is 13.8. The van der Waals surface area contributed by atoms with Gasteiger partial charge in [0.2, 0.25) is 0 Å². The Balaban J connectivity index is 1.59. The number of amides is 2. The smallest absolute Gasteiger partial charge is 0.311 e. The fraction of sp³-hybridized carbons (Fsp3) is 0.312. The van der Waals surface area contributed by atoms with Crippen molar-refractivity contribution in [2.75, 3.05) is 6.54 Å². The lowest BCUT2D eigenvalue weighted by Crippen LogP contribution is -2.30. The molecule has 2 amide bonds. The second-order valence-corrected chi connectivity index (χ2v) is 4.76. The van der Waals surface area contributed by atoms with Crippen LogP contribution >= 0.6 is 0 Å². The fourth-order valence-corrected chi connectivity index (χ4v) is 2.04. The first-order chi connectivity index (χ1) is 10.2. The number of carbonyl (C=O) groups is 3. The van der Waals surface area contributed by atoms with Crippen molar-refractivity contribution in [1.82, 2.24) is 4.90 Å². The Labute approximate surface area is 123 Å². The van der Waals surface area contributed by atoms with Crippen LogP contribution in [0.25, 0.3) is 0 Å². The van der Waals surface area contributed by atoms with Gasteiger partial charge in [-0.25, -0.2) is 0 Å². The third-order valence-corrected chi connectivity index (χ3v) is 3.14. The number of ether oxygens (including phenoxy) is 1. The molecule has 2 rings (SSSR count). The van der Waals surface area contributed by atoms with Gasteiger partial charge in [-0.2, -0.15) is 0 Å². The van der Waals surface area contributed by atoms with E-state index >= 15 is 0 Å². The number of esters is 1. The SMILES string of the molecule is O=C(CCCCCN1C(=O)C=CC1=O)Oc1ccccc1. The van der Waals surface area contributed by atoms with Crippen molar-refractivity contribution in [3.8, 4) is 5.75 Å². The van der Waals surface area contributed by atoms with E-state index in [9.17, 15) is 14.4 Å². The van der Waals surface area contributed by atoms with Gasteiger partial charge in [0.05, 0.1) is 0 Å². The minimum absolute atomic E-state index is 0.261. The van der Waals surface area contributed by atoms with Crippen molar-refractivity contribution in [3.63, 3.8) is 0 Å². The van der Waals surface area contributed by atoms with Crippen molar-refractivity contribution in [2.24, 2.45) is 0 Å². The van der Waals surface area contributed by atoms with Crippen LogP contribution in [0.2, 0.25) is 0 Å². The first kappa shape index (κ1) is 15.0. The minimum atomic E-state index is -0.267. The molecule has 5 heteroatoms. The Kier molecular flexibility index (Phi) is 5.26. The molecule has 0 saturated heterocycles. The molecular formula is C16H17NO4. The fourth-order valence-electron chi connectivity index (χ4n) is 2.04. The minimum Gasteiger partial charge on any atom is -0.427 e. The molecule has 1 aliphatic rings. The molecule has 1 aromatic carbocycles. The highest BCUT2D eigenvalue weighted by molar-refractivity contribution is 6.12. The number of unbranched alkanes of at least 4 members (excludes halogenated alkanes) is 2. The number of hydrogen-bond acceptors (Lipinski definition) is 4. The van der Waals surface area contributed by atoms with Crippen LogP contribution in [0.4, 0.5) is 0 Å². The summed E-state index contributed by atoms with van der Waals surface area (Å²) in [5.41, 5.74) is 0. The standard InChI is InChI=1S/C16H17NO4/c18-14-10-11-15(19)17(14)12-6-2-5-9-16(20)21-13-7-3-1-4-8-13/h1,3-4,7-8,10-11H,2,5-6,9,12H2. The van der Waals surface area contributed by atoms with Crippen molar-refractivity contribution < 1.29 is 19.1 Å². The zero-order chi connectivity index (χ0) is 15.1. The molecule has 21 heavy (non-hydrogen) atoms. The molecule has 0 radical (unpaired) electrons. The van der Waals surface area contributed by atoms with E-state index in [0.29, 0.717) is 31.6 Å². The summed E-state index contributed by atoms with van der Waals surface area (Å²) >= 11 is 0. The number of imide groups is 1. The summed E-state index contributed by atoms with van der Waals surface area (Å²) in [5, 5.41) is 0. The average molecular weight is 287 g/mol. The van der Waals surface area contributed by atoms with Gasteiger partial charge in [0.15, 0.2) is 0 Å².